The molecule has 2 aromatic rings. The zero-order valence-electron chi connectivity index (χ0n) is 10.7. The van der Waals surface area contributed by atoms with E-state index >= 15 is 0 Å². The van der Waals surface area contributed by atoms with Crippen LogP contribution in [-0.4, -0.2) is 14.2 Å². The number of hydrogen-bond donors (Lipinski definition) is 1. The standard InChI is InChI=1S/C14H15Br2NOS/c1-17-13(14-12(16)5-6-19-14)8-9-7-10(18-2)3-4-11(9)15/h3-7,13,17H,8H2,1-2H3. The van der Waals surface area contributed by atoms with Gasteiger partial charge in [0.15, 0.2) is 0 Å². The largest absolute Gasteiger partial charge is 0.497 e. The lowest BCUT2D eigenvalue weighted by Gasteiger charge is -2.17. The fourth-order valence-corrected chi connectivity index (χ4v) is 4.10. The number of benzene rings is 1. The molecule has 5 heteroatoms. The second kappa shape index (κ2) is 6.88. The van der Waals surface area contributed by atoms with Crippen LogP contribution in [0.25, 0.3) is 0 Å². The Morgan fingerprint density at radius 3 is 2.63 bits per heavy atom. The van der Waals surface area contributed by atoms with Gasteiger partial charge >= 0.3 is 0 Å². The maximum atomic E-state index is 5.29. The molecule has 0 aliphatic heterocycles. The van der Waals surface area contributed by atoms with E-state index in [-0.39, 0.29) is 6.04 Å². The first-order valence-electron chi connectivity index (χ1n) is 5.88. The first-order valence-corrected chi connectivity index (χ1v) is 8.35. The average molecular weight is 405 g/mol. The molecule has 1 aromatic carbocycles. The maximum Gasteiger partial charge on any atom is 0.119 e. The summed E-state index contributed by atoms with van der Waals surface area (Å²) in [6.45, 7) is 0. The third kappa shape index (κ3) is 3.60. The molecule has 0 aliphatic rings. The van der Waals surface area contributed by atoms with Crippen molar-refractivity contribution >= 4 is 43.2 Å². The molecule has 2 rings (SSSR count). The number of rotatable bonds is 5. The summed E-state index contributed by atoms with van der Waals surface area (Å²) in [6.07, 6.45) is 0.910. The van der Waals surface area contributed by atoms with Crippen molar-refractivity contribution in [3.8, 4) is 5.75 Å². The maximum absolute atomic E-state index is 5.29. The van der Waals surface area contributed by atoms with Crippen molar-refractivity contribution in [3.63, 3.8) is 0 Å². The second-order valence-electron chi connectivity index (χ2n) is 4.14. The Hall–Kier alpha value is -0.360. The van der Waals surface area contributed by atoms with Crippen LogP contribution in [0.1, 0.15) is 16.5 Å². The predicted molar refractivity (Wildman–Crippen MR) is 88.2 cm³/mol. The molecule has 102 valence electrons. The normalized spacial score (nSPS) is 12.4. The molecular formula is C14H15Br2NOS. The van der Waals surface area contributed by atoms with Gasteiger partial charge in [-0.15, -0.1) is 11.3 Å². The molecule has 0 amide bonds. The average Bonchev–Trinajstić information content (AvgIpc) is 2.84. The van der Waals surface area contributed by atoms with Gasteiger partial charge in [-0.05, 0) is 64.6 Å². The second-order valence-corrected chi connectivity index (χ2v) is 6.79. The summed E-state index contributed by atoms with van der Waals surface area (Å²) >= 11 is 8.97. The van der Waals surface area contributed by atoms with Gasteiger partial charge in [0.2, 0.25) is 0 Å². The Morgan fingerprint density at radius 1 is 1.26 bits per heavy atom. The summed E-state index contributed by atoms with van der Waals surface area (Å²) in [5, 5.41) is 5.48. The predicted octanol–water partition coefficient (Wildman–Crippen LogP) is 4.78. The molecule has 19 heavy (non-hydrogen) atoms. The number of nitrogens with one attached hydrogen (secondary N) is 1. The minimum atomic E-state index is 0.290. The van der Waals surface area contributed by atoms with E-state index in [1.54, 1.807) is 18.4 Å². The Labute approximate surface area is 134 Å². The third-order valence-corrected chi connectivity index (χ3v) is 5.74. The van der Waals surface area contributed by atoms with Gasteiger partial charge in [-0.2, -0.15) is 0 Å². The van der Waals surface area contributed by atoms with Gasteiger partial charge in [-0.25, -0.2) is 0 Å². The van der Waals surface area contributed by atoms with Gasteiger partial charge in [-0.1, -0.05) is 15.9 Å². The van der Waals surface area contributed by atoms with Gasteiger partial charge in [0.1, 0.15) is 5.75 Å². The van der Waals surface area contributed by atoms with Crippen LogP contribution >= 0.6 is 43.2 Å². The fraction of sp³-hybridized carbons (Fsp3) is 0.286. The molecule has 0 radical (unpaired) electrons. The summed E-state index contributed by atoms with van der Waals surface area (Å²) < 4.78 is 7.57. The summed E-state index contributed by atoms with van der Waals surface area (Å²) in [4.78, 5) is 1.32. The van der Waals surface area contributed by atoms with Crippen LogP contribution in [0.5, 0.6) is 5.75 Å². The molecule has 1 aromatic heterocycles. The molecule has 0 aliphatic carbocycles. The lowest BCUT2D eigenvalue weighted by atomic mass is 10.0. The molecular weight excluding hydrogens is 390 g/mol. The molecule has 2 nitrogen and oxygen atoms in total. The van der Waals surface area contributed by atoms with Crippen LogP contribution in [0, 0.1) is 0 Å². The molecule has 1 heterocycles. The van der Waals surface area contributed by atoms with E-state index in [4.69, 9.17) is 4.74 Å². The quantitative estimate of drug-likeness (QED) is 0.773. The van der Waals surface area contributed by atoms with E-state index in [0.29, 0.717) is 0 Å². The van der Waals surface area contributed by atoms with Crippen molar-refractivity contribution in [2.24, 2.45) is 0 Å². The van der Waals surface area contributed by atoms with Crippen molar-refractivity contribution in [3.05, 3.63) is 49.0 Å². The SMILES string of the molecule is CNC(Cc1cc(OC)ccc1Br)c1sccc1Br. The number of methoxy groups -OCH3 is 1. The molecule has 0 spiro atoms. The number of thiophene rings is 1. The summed E-state index contributed by atoms with van der Waals surface area (Å²) in [6, 6.07) is 8.45. The van der Waals surface area contributed by atoms with E-state index in [1.165, 1.54) is 10.4 Å². The zero-order chi connectivity index (χ0) is 13.8. The van der Waals surface area contributed by atoms with E-state index in [9.17, 15) is 0 Å². The summed E-state index contributed by atoms with van der Waals surface area (Å²) in [5.41, 5.74) is 1.24. The lowest BCUT2D eigenvalue weighted by molar-refractivity contribution is 0.414. The number of hydrogen-bond acceptors (Lipinski definition) is 3. The highest BCUT2D eigenvalue weighted by Crippen LogP contribution is 2.33. The van der Waals surface area contributed by atoms with Crippen LogP contribution in [0.3, 0.4) is 0 Å². The first kappa shape index (κ1) is 15.0. The molecule has 1 unspecified atom stereocenters. The Kier molecular flexibility index (Phi) is 5.45. The number of likely N-dealkylation sites (N-methyl/N-ethyl adjacent to an activating group) is 1. The molecule has 0 saturated heterocycles. The smallest absolute Gasteiger partial charge is 0.119 e. The van der Waals surface area contributed by atoms with Crippen LogP contribution in [-0.2, 0) is 6.42 Å². The number of ether oxygens (including phenoxy) is 1. The molecule has 0 fully saturated rings. The van der Waals surface area contributed by atoms with Gasteiger partial charge in [-0.3, -0.25) is 0 Å². The molecule has 1 N–H and O–H groups in total. The van der Waals surface area contributed by atoms with Crippen molar-refractivity contribution in [1.82, 2.24) is 5.32 Å². The van der Waals surface area contributed by atoms with Crippen molar-refractivity contribution in [1.29, 1.82) is 0 Å². The van der Waals surface area contributed by atoms with E-state index in [2.05, 4.69) is 54.7 Å². The lowest BCUT2D eigenvalue weighted by Crippen LogP contribution is -2.18. The number of halogens is 2. The fourth-order valence-electron chi connectivity index (χ4n) is 1.93. The van der Waals surface area contributed by atoms with E-state index in [1.807, 2.05) is 19.2 Å². The molecule has 0 saturated carbocycles. The Bertz CT molecular complexity index is 556. The van der Waals surface area contributed by atoms with Crippen molar-refractivity contribution in [2.45, 2.75) is 12.5 Å². The van der Waals surface area contributed by atoms with Crippen LogP contribution in [0.4, 0.5) is 0 Å². The highest BCUT2D eigenvalue weighted by Gasteiger charge is 2.16. The zero-order valence-corrected chi connectivity index (χ0v) is 14.7. The van der Waals surface area contributed by atoms with Gasteiger partial charge in [0.05, 0.1) is 7.11 Å². The highest BCUT2D eigenvalue weighted by atomic mass is 79.9. The van der Waals surface area contributed by atoms with Crippen LogP contribution < -0.4 is 10.1 Å². The topological polar surface area (TPSA) is 21.3 Å². The third-order valence-electron chi connectivity index (χ3n) is 2.99. The van der Waals surface area contributed by atoms with Crippen molar-refractivity contribution in [2.75, 3.05) is 14.2 Å². The monoisotopic (exact) mass is 403 g/mol. The molecule has 1 atom stereocenters. The summed E-state index contributed by atoms with van der Waals surface area (Å²) in [7, 11) is 3.68. The minimum Gasteiger partial charge on any atom is -0.497 e. The van der Waals surface area contributed by atoms with Gasteiger partial charge < -0.3 is 10.1 Å². The van der Waals surface area contributed by atoms with Crippen LogP contribution in [0.2, 0.25) is 0 Å². The molecule has 0 bridgehead atoms. The Balaban J connectivity index is 2.26. The highest BCUT2D eigenvalue weighted by molar-refractivity contribution is 9.10. The summed E-state index contributed by atoms with van der Waals surface area (Å²) in [5.74, 6) is 0.887. The first-order chi connectivity index (χ1) is 9.15. The van der Waals surface area contributed by atoms with Crippen LogP contribution in [0.15, 0.2) is 38.6 Å². The van der Waals surface area contributed by atoms with E-state index < -0.39 is 0 Å². The Morgan fingerprint density at radius 2 is 2.05 bits per heavy atom. The van der Waals surface area contributed by atoms with E-state index in [0.717, 1.165) is 21.1 Å². The minimum absolute atomic E-state index is 0.290. The van der Waals surface area contributed by atoms with Gasteiger partial charge in [0, 0.05) is 19.9 Å². The van der Waals surface area contributed by atoms with Gasteiger partial charge in [0.25, 0.3) is 0 Å². The van der Waals surface area contributed by atoms with Crippen molar-refractivity contribution < 1.29 is 4.74 Å².